The van der Waals surface area contributed by atoms with Gasteiger partial charge in [0.2, 0.25) is 6.29 Å². The molecular weight excluding hydrogens is 295 g/mol. The van der Waals surface area contributed by atoms with Gasteiger partial charge in [0.15, 0.2) is 0 Å². The van der Waals surface area contributed by atoms with Crippen LogP contribution < -0.4 is 0 Å². The molecule has 0 saturated carbocycles. The first-order valence-corrected chi connectivity index (χ1v) is 8.64. The van der Waals surface area contributed by atoms with Crippen LogP contribution in [0.15, 0.2) is 24.7 Å². The molecule has 0 fully saturated rings. The Balaban J connectivity index is 3.92. The Kier molecular flexibility index (Phi) is 16.4. The van der Waals surface area contributed by atoms with Crippen LogP contribution >= 0.6 is 23.2 Å². The van der Waals surface area contributed by atoms with Gasteiger partial charge in [-0.3, -0.25) is 0 Å². The van der Waals surface area contributed by atoms with Gasteiger partial charge >= 0.3 is 0 Å². The number of hydrogen-bond acceptors (Lipinski definition) is 2. The summed E-state index contributed by atoms with van der Waals surface area (Å²) in [7, 11) is 0. The van der Waals surface area contributed by atoms with Crippen molar-refractivity contribution in [1.29, 1.82) is 0 Å². The largest absolute Gasteiger partial charge is 0.463 e. The SMILES string of the molecule is CCCCCC(OC=CCCCCl)OC=CCCCCl. The van der Waals surface area contributed by atoms with E-state index in [-0.39, 0.29) is 6.29 Å². The predicted molar refractivity (Wildman–Crippen MR) is 88.3 cm³/mol. The maximum Gasteiger partial charge on any atom is 0.239 e. The Morgan fingerprint density at radius 2 is 1.40 bits per heavy atom. The summed E-state index contributed by atoms with van der Waals surface area (Å²) in [6, 6.07) is 0. The molecule has 0 radical (unpaired) electrons. The van der Waals surface area contributed by atoms with Gasteiger partial charge in [0.1, 0.15) is 0 Å². The van der Waals surface area contributed by atoms with E-state index in [1.165, 1.54) is 12.8 Å². The minimum absolute atomic E-state index is 0.193. The number of ether oxygens (including phenoxy) is 2. The summed E-state index contributed by atoms with van der Waals surface area (Å²) in [5.41, 5.74) is 0. The summed E-state index contributed by atoms with van der Waals surface area (Å²) in [5, 5.41) is 0. The molecule has 0 spiro atoms. The number of rotatable bonds is 14. The Bertz CT molecular complexity index is 223. The second kappa shape index (κ2) is 16.7. The van der Waals surface area contributed by atoms with Crippen molar-refractivity contribution in [3.8, 4) is 0 Å². The van der Waals surface area contributed by atoms with Gasteiger partial charge in [-0.25, -0.2) is 0 Å². The molecule has 0 atom stereocenters. The molecule has 0 bridgehead atoms. The molecule has 0 heterocycles. The average Bonchev–Trinajstić information content (AvgIpc) is 2.46. The molecule has 0 N–H and O–H groups in total. The molecule has 0 rings (SSSR count). The van der Waals surface area contributed by atoms with Crippen molar-refractivity contribution in [1.82, 2.24) is 0 Å². The van der Waals surface area contributed by atoms with Crippen molar-refractivity contribution >= 4 is 23.2 Å². The van der Waals surface area contributed by atoms with Crippen LogP contribution in [0.4, 0.5) is 0 Å². The summed E-state index contributed by atoms with van der Waals surface area (Å²) in [5.74, 6) is 1.37. The van der Waals surface area contributed by atoms with Gasteiger partial charge in [-0.1, -0.05) is 19.8 Å². The van der Waals surface area contributed by atoms with Crippen LogP contribution in [0.25, 0.3) is 0 Å². The van der Waals surface area contributed by atoms with Gasteiger partial charge in [0.25, 0.3) is 0 Å². The van der Waals surface area contributed by atoms with Crippen molar-refractivity contribution in [3.05, 3.63) is 24.7 Å². The molecule has 0 aliphatic heterocycles. The summed E-state index contributed by atoms with van der Waals surface area (Å²) in [4.78, 5) is 0. The van der Waals surface area contributed by atoms with E-state index in [1.54, 1.807) is 12.5 Å². The Morgan fingerprint density at radius 3 is 1.85 bits per heavy atom. The fraction of sp³-hybridized carbons (Fsp3) is 0.750. The fourth-order valence-electron chi connectivity index (χ4n) is 1.54. The van der Waals surface area contributed by atoms with Crippen molar-refractivity contribution in [2.45, 2.75) is 64.6 Å². The molecule has 20 heavy (non-hydrogen) atoms. The van der Waals surface area contributed by atoms with Crippen LogP contribution in [0, 0.1) is 0 Å². The fourth-order valence-corrected chi connectivity index (χ4v) is 1.85. The molecule has 2 nitrogen and oxygen atoms in total. The highest BCUT2D eigenvalue weighted by Gasteiger charge is 2.06. The molecule has 118 valence electrons. The second-order valence-electron chi connectivity index (χ2n) is 4.60. The van der Waals surface area contributed by atoms with E-state index in [9.17, 15) is 0 Å². The lowest BCUT2D eigenvalue weighted by Gasteiger charge is -2.15. The lowest BCUT2D eigenvalue weighted by atomic mass is 10.2. The normalized spacial score (nSPS) is 13.2. The highest BCUT2D eigenvalue weighted by molar-refractivity contribution is 6.18. The zero-order valence-electron chi connectivity index (χ0n) is 12.5. The van der Waals surface area contributed by atoms with Crippen molar-refractivity contribution in [3.63, 3.8) is 0 Å². The van der Waals surface area contributed by atoms with Gasteiger partial charge < -0.3 is 9.47 Å². The summed E-state index contributed by atoms with van der Waals surface area (Å²) in [6.07, 6.45) is 15.5. The van der Waals surface area contributed by atoms with Crippen LogP contribution in [-0.2, 0) is 9.47 Å². The van der Waals surface area contributed by atoms with Crippen molar-refractivity contribution in [2.75, 3.05) is 11.8 Å². The Hall–Kier alpha value is -0.340. The summed E-state index contributed by atoms with van der Waals surface area (Å²) < 4.78 is 11.2. The molecule has 0 unspecified atom stereocenters. The molecule has 0 aromatic carbocycles. The van der Waals surface area contributed by atoms with Gasteiger partial charge in [0.05, 0.1) is 12.5 Å². The number of hydrogen-bond donors (Lipinski definition) is 0. The molecule has 0 aliphatic carbocycles. The molecule has 4 heteroatoms. The zero-order valence-corrected chi connectivity index (χ0v) is 14.0. The minimum atomic E-state index is -0.193. The lowest BCUT2D eigenvalue weighted by molar-refractivity contribution is -0.0675. The summed E-state index contributed by atoms with van der Waals surface area (Å²) >= 11 is 11.2. The lowest BCUT2D eigenvalue weighted by Crippen LogP contribution is -2.11. The second-order valence-corrected chi connectivity index (χ2v) is 5.36. The van der Waals surface area contributed by atoms with Crippen LogP contribution in [0.5, 0.6) is 0 Å². The predicted octanol–water partition coefficient (Wildman–Crippen LogP) is 5.99. The van der Waals surface area contributed by atoms with Crippen molar-refractivity contribution < 1.29 is 9.47 Å². The van der Waals surface area contributed by atoms with Gasteiger partial charge in [-0.2, -0.15) is 0 Å². The topological polar surface area (TPSA) is 18.5 Å². The van der Waals surface area contributed by atoms with E-state index in [2.05, 4.69) is 6.92 Å². The third-order valence-corrected chi connectivity index (χ3v) is 3.24. The van der Waals surface area contributed by atoms with E-state index in [0.29, 0.717) is 11.8 Å². The van der Waals surface area contributed by atoms with E-state index in [1.807, 2.05) is 12.2 Å². The van der Waals surface area contributed by atoms with E-state index in [4.69, 9.17) is 32.7 Å². The van der Waals surface area contributed by atoms with Crippen LogP contribution in [-0.4, -0.2) is 18.1 Å². The third kappa shape index (κ3) is 14.1. The van der Waals surface area contributed by atoms with Gasteiger partial charge in [0, 0.05) is 18.2 Å². The minimum Gasteiger partial charge on any atom is -0.463 e. The first-order valence-electron chi connectivity index (χ1n) is 7.58. The van der Waals surface area contributed by atoms with E-state index < -0.39 is 0 Å². The smallest absolute Gasteiger partial charge is 0.239 e. The number of halogens is 2. The zero-order chi connectivity index (χ0) is 14.9. The van der Waals surface area contributed by atoms with Gasteiger partial charge in [-0.05, 0) is 44.3 Å². The summed E-state index contributed by atoms with van der Waals surface area (Å²) in [6.45, 7) is 2.19. The highest BCUT2D eigenvalue weighted by atomic mass is 35.5. The van der Waals surface area contributed by atoms with Crippen molar-refractivity contribution in [2.24, 2.45) is 0 Å². The van der Waals surface area contributed by atoms with E-state index >= 15 is 0 Å². The maximum atomic E-state index is 5.62. The standard InChI is InChI=1S/C16H28Cl2O2/c1-2-3-6-11-16(19-14-9-4-7-12-17)20-15-10-5-8-13-18/h9-10,14-16H,2-8,11-13H2,1H3. The number of unbranched alkanes of at least 4 members (excludes halogenated alkanes) is 4. The van der Waals surface area contributed by atoms with Crippen LogP contribution in [0.2, 0.25) is 0 Å². The quantitative estimate of drug-likeness (QED) is 0.169. The molecule has 0 aromatic heterocycles. The Morgan fingerprint density at radius 1 is 0.850 bits per heavy atom. The number of allylic oxidation sites excluding steroid dienone is 2. The molecule has 0 aliphatic rings. The number of alkyl halides is 2. The van der Waals surface area contributed by atoms with E-state index in [0.717, 1.165) is 38.5 Å². The molecule has 0 saturated heterocycles. The average molecular weight is 323 g/mol. The first-order chi connectivity index (χ1) is 9.85. The third-order valence-electron chi connectivity index (χ3n) is 2.71. The van der Waals surface area contributed by atoms with Crippen LogP contribution in [0.3, 0.4) is 0 Å². The molecule has 0 aromatic rings. The first kappa shape index (κ1) is 19.7. The Labute approximate surface area is 134 Å². The molecular formula is C16H28Cl2O2. The molecule has 0 amide bonds. The van der Waals surface area contributed by atoms with Crippen LogP contribution in [0.1, 0.15) is 58.3 Å². The highest BCUT2D eigenvalue weighted by Crippen LogP contribution is 2.10. The van der Waals surface area contributed by atoms with Gasteiger partial charge in [-0.15, -0.1) is 23.2 Å². The monoisotopic (exact) mass is 322 g/mol. The maximum absolute atomic E-state index is 5.62.